The fourth-order valence-corrected chi connectivity index (χ4v) is 1.59. The number of furan rings is 1. The standard InChI is InChI=1S/C8H6O4S/c9-13(10,11)7-2-1-6-3-4-12-8(6)5-7/h1-5H,(H,9,10,11). The Morgan fingerprint density at radius 2 is 2.00 bits per heavy atom. The molecule has 0 bridgehead atoms. The maximum atomic E-state index is 10.7. The third-order valence-electron chi connectivity index (χ3n) is 1.73. The Morgan fingerprint density at radius 1 is 1.23 bits per heavy atom. The van der Waals surface area contributed by atoms with Gasteiger partial charge in [-0.05, 0) is 18.2 Å². The summed E-state index contributed by atoms with van der Waals surface area (Å²) in [5.74, 6) is 0. The molecule has 0 aliphatic rings. The van der Waals surface area contributed by atoms with Crippen molar-refractivity contribution >= 4 is 21.1 Å². The lowest BCUT2D eigenvalue weighted by Crippen LogP contribution is -1.96. The Bertz CT molecular complexity index is 538. The first-order valence-electron chi connectivity index (χ1n) is 3.52. The topological polar surface area (TPSA) is 67.5 Å². The van der Waals surface area contributed by atoms with Crippen molar-refractivity contribution < 1.29 is 17.4 Å². The average Bonchev–Trinajstić information content (AvgIpc) is 2.47. The van der Waals surface area contributed by atoms with Crippen molar-refractivity contribution in [3.63, 3.8) is 0 Å². The number of hydrogen-bond donors (Lipinski definition) is 1. The molecule has 13 heavy (non-hydrogen) atoms. The molecular weight excluding hydrogens is 192 g/mol. The number of fused-ring (bicyclic) bond motifs is 1. The van der Waals surface area contributed by atoms with Gasteiger partial charge in [0.25, 0.3) is 10.1 Å². The SMILES string of the molecule is O=S(=O)(O)c1ccc2ccoc2c1. The second-order valence-electron chi connectivity index (χ2n) is 2.60. The highest BCUT2D eigenvalue weighted by Crippen LogP contribution is 2.19. The molecule has 0 aliphatic heterocycles. The maximum Gasteiger partial charge on any atom is 0.294 e. The third-order valence-corrected chi connectivity index (χ3v) is 2.58. The van der Waals surface area contributed by atoms with Crippen LogP contribution in [0.4, 0.5) is 0 Å². The highest BCUT2D eigenvalue weighted by atomic mass is 32.2. The Kier molecular flexibility index (Phi) is 1.64. The smallest absolute Gasteiger partial charge is 0.294 e. The van der Waals surface area contributed by atoms with Crippen molar-refractivity contribution in [1.82, 2.24) is 0 Å². The fraction of sp³-hybridized carbons (Fsp3) is 0. The van der Waals surface area contributed by atoms with Gasteiger partial charge in [0.05, 0.1) is 11.2 Å². The summed E-state index contributed by atoms with van der Waals surface area (Å²) in [6.07, 6.45) is 1.46. The highest BCUT2D eigenvalue weighted by Gasteiger charge is 2.10. The number of rotatable bonds is 1. The first-order chi connectivity index (χ1) is 6.07. The molecule has 68 valence electrons. The molecule has 0 amide bonds. The van der Waals surface area contributed by atoms with Gasteiger partial charge in [-0.1, -0.05) is 0 Å². The van der Waals surface area contributed by atoms with Gasteiger partial charge in [-0.3, -0.25) is 4.55 Å². The van der Waals surface area contributed by atoms with E-state index >= 15 is 0 Å². The number of hydrogen-bond acceptors (Lipinski definition) is 3. The highest BCUT2D eigenvalue weighted by molar-refractivity contribution is 7.85. The summed E-state index contributed by atoms with van der Waals surface area (Å²) in [7, 11) is -4.13. The zero-order valence-corrected chi connectivity index (χ0v) is 7.28. The number of benzene rings is 1. The minimum absolute atomic E-state index is 0.157. The molecule has 0 aliphatic carbocycles. The molecule has 2 rings (SSSR count). The lowest BCUT2D eigenvalue weighted by Gasteiger charge is -1.94. The van der Waals surface area contributed by atoms with Crippen molar-refractivity contribution in [2.45, 2.75) is 4.90 Å². The molecule has 1 N–H and O–H groups in total. The second-order valence-corrected chi connectivity index (χ2v) is 4.02. The first kappa shape index (κ1) is 8.28. The van der Waals surface area contributed by atoms with Crippen molar-refractivity contribution in [3.8, 4) is 0 Å². The van der Waals surface area contributed by atoms with E-state index in [1.54, 1.807) is 12.1 Å². The van der Waals surface area contributed by atoms with Crippen LogP contribution in [-0.4, -0.2) is 13.0 Å². The lowest BCUT2D eigenvalue weighted by molar-refractivity contribution is 0.483. The van der Waals surface area contributed by atoms with Gasteiger partial charge in [-0.25, -0.2) is 0 Å². The molecule has 1 aromatic heterocycles. The predicted molar refractivity (Wildman–Crippen MR) is 46.0 cm³/mol. The van der Waals surface area contributed by atoms with E-state index in [0.29, 0.717) is 5.58 Å². The summed E-state index contributed by atoms with van der Waals surface area (Å²) in [5, 5.41) is 0.799. The summed E-state index contributed by atoms with van der Waals surface area (Å²) < 4.78 is 35.1. The molecule has 2 aromatic rings. The second kappa shape index (κ2) is 2.58. The Morgan fingerprint density at radius 3 is 2.69 bits per heavy atom. The van der Waals surface area contributed by atoms with Gasteiger partial charge < -0.3 is 4.42 Å². The van der Waals surface area contributed by atoms with E-state index < -0.39 is 10.1 Å². The van der Waals surface area contributed by atoms with Crippen LogP contribution in [0, 0.1) is 0 Å². The molecule has 0 atom stereocenters. The largest absolute Gasteiger partial charge is 0.464 e. The predicted octanol–water partition coefficient (Wildman–Crippen LogP) is 1.68. The maximum absolute atomic E-state index is 10.7. The van der Waals surface area contributed by atoms with Crippen molar-refractivity contribution in [1.29, 1.82) is 0 Å². The summed E-state index contributed by atoms with van der Waals surface area (Å²) in [6, 6.07) is 5.89. The zero-order valence-electron chi connectivity index (χ0n) is 6.47. The molecule has 0 unspecified atom stereocenters. The fourth-order valence-electron chi connectivity index (χ4n) is 1.10. The summed E-state index contributed by atoms with van der Waals surface area (Å²) in [5.41, 5.74) is 0.440. The van der Waals surface area contributed by atoms with Gasteiger partial charge >= 0.3 is 0 Å². The van der Waals surface area contributed by atoms with Crippen molar-refractivity contribution in [3.05, 3.63) is 30.5 Å². The van der Waals surface area contributed by atoms with E-state index in [0.717, 1.165) is 5.39 Å². The Balaban J connectivity index is 2.75. The van der Waals surface area contributed by atoms with Gasteiger partial charge in [0.1, 0.15) is 5.58 Å². The quantitative estimate of drug-likeness (QED) is 0.708. The third kappa shape index (κ3) is 1.43. The lowest BCUT2D eigenvalue weighted by atomic mass is 10.3. The van der Waals surface area contributed by atoms with Crippen LogP contribution in [0.5, 0.6) is 0 Å². The molecule has 1 aromatic carbocycles. The molecular formula is C8H6O4S. The van der Waals surface area contributed by atoms with Crippen LogP contribution in [0.15, 0.2) is 39.8 Å². The van der Waals surface area contributed by atoms with E-state index in [1.165, 1.54) is 18.4 Å². The normalized spacial score (nSPS) is 12.1. The van der Waals surface area contributed by atoms with Crippen LogP contribution in [-0.2, 0) is 10.1 Å². The van der Waals surface area contributed by atoms with Gasteiger partial charge in [-0.15, -0.1) is 0 Å². The Labute approximate surface area is 74.5 Å². The van der Waals surface area contributed by atoms with E-state index in [2.05, 4.69) is 0 Å². The van der Waals surface area contributed by atoms with E-state index in [9.17, 15) is 8.42 Å². The molecule has 0 saturated heterocycles. The zero-order chi connectivity index (χ0) is 9.47. The molecule has 1 heterocycles. The molecule has 0 fully saturated rings. The monoisotopic (exact) mass is 198 g/mol. The minimum Gasteiger partial charge on any atom is -0.464 e. The molecule has 0 saturated carbocycles. The van der Waals surface area contributed by atoms with E-state index in [-0.39, 0.29) is 4.90 Å². The molecule has 4 nitrogen and oxygen atoms in total. The van der Waals surface area contributed by atoms with E-state index in [1.807, 2.05) is 0 Å². The van der Waals surface area contributed by atoms with Crippen LogP contribution in [0.3, 0.4) is 0 Å². The summed E-state index contributed by atoms with van der Waals surface area (Å²) >= 11 is 0. The summed E-state index contributed by atoms with van der Waals surface area (Å²) in [6.45, 7) is 0. The van der Waals surface area contributed by atoms with Crippen LogP contribution < -0.4 is 0 Å². The molecule has 0 spiro atoms. The van der Waals surface area contributed by atoms with Gasteiger partial charge in [0, 0.05) is 11.5 Å². The van der Waals surface area contributed by atoms with Crippen molar-refractivity contribution in [2.24, 2.45) is 0 Å². The van der Waals surface area contributed by atoms with Gasteiger partial charge in [-0.2, -0.15) is 8.42 Å². The van der Waals surface area contributed by atoms with E-state index in [4.69, 9.17) is 8.97 Å². The summed E-state index contributed by atoms with van der Waals surface area (Å²) in [4.78, 5) is -0.157. The average molecular weight is 198 g/mol. The van der Waals surface area contributed by atoms with Crippen LogP contribution in [0.25, 0.3) is 11.0 Å². The van der Waals surface area contributed by atoms with Gasteiger partial charge in [0.2, 0.25) is 0 Å². The van der Waals surface area contributed by atoms with Crippen LogP contribution >= 0.6 is 0 Å². The van der Waals surface area contributed by atoms with Gasteiger partial charge in [0.15, 0.2) is 0 Å². The van der Waals surface area contributed by atoms with Crippen LogP contribution in [0.2, 0.25) is 0 Å². The van der Waals surface area contributed by atoms with Crippen LogP contribution in [0.1, 0.15) is 0 Å². The first-order valence-corrected chi connectivity index (χ1v) is 4.96. The van der Waals surface area contributed by atoms with Crippen molar-refractivity contribution in [2.75, 3.05) is 0 Å². The minimum atomic E-state index is -4.13. The Hall–Kier alpha value is -1.33. The molecule has 5 heteroatoms. The molecule has 0 radical (unpaired) electrons.